The minimum atomic E-state index is -2.32. The van der Waals surface area contributed by atoms with Gasteiger partial charge in [-0.25, -0.2) is 9.55 Å². The van der Waals surface area contributed by atoms with Crippen LogP contribution in [0.5, 0.6) is 0 Å². The van der Waals surface area contributed by atoms with Crippen molar-refractivity contribution in [2.45, 2.75) is 13.8 Å². The zero-order valence-corrected chi connectivity index (χ0v) is 15.8. The molecule has 0 fully saturated rings. The number of nitrogens with zero attached hydrogens (tertiary/aromatic N) is 3. The number of hydrogen-bond acceptors (Lipinski definition) is 1. The molecule has 0 aliphatic carbocycles. The summed E-state index contributed by atoms with van der Waals surface area (Å²) in [5.74, 6) is 1.33. The molecule has 28 heavy (non-hydrogen) atoms. The summed E-state index contributed by atoms with van der Waals surface area (Å²) < 4.78 is 29.2. The standard InChI is InChI=1S/C25H22N3/c1-17-10-4-6-12-20(17)25-27(3)22-14-8-9-15-23(22)28(25)24-18(2)21-13-7-5-11-19(21)16-26-24/h4-16H,1-3H3/q+1/i2D3. The Morgan fingerprint density at radius 3 is 2.54 bits per heavy atom. The second kappa shape index (κ2) is 6.31. The Balaban J connectivity index is 1.99. The topological polar surface area (TPSA) is 21.7 Å². The van der Waals surface area contributed by atoms with Gasteiger partial charge in [-0.2, -0.15) is 4.57 Å². The van der Waals surface area contributed by atoms with Crippen molar-refractivity contribution in [2.24, 2.45) is 7.05 Å². The molecule has 0 saturated heterocycles. The predicted octanol–water partition coefficient (Wildman–Crippen LogP) is 5.29. The summed E-state index contributed by atoms with van der Waals surface area (Å²) in [6, 6.07) is 23.7. The van der Waals surface area contributed by atoms with Crippen LogP contribution < -0.4 is 4.57 Å². The number of imidazole rings is 1. The predicted molar refractivity (Wildman–Crippen MR) is 115 cm³/mol. The van der Waals surface area contributed by atoms with E-state index in [4.69, 9.17) is 9.10 Å². The maximum absolute atomic E-state index is 8.35. The Bertz CT molecular complexity index is 1450. The highest BCUT2D eigenvalue weighted by molar-refractivity contribution is 5.88. The summed E-state index contributed by atoms with van der Waals surface area (Å²) in [6.07, 6.45) is 1.76. The molecule has 3 heteroatoms. The van der Waals surface area contributed by atoms with Crippen LogP contribution in [-0.2, 0) is 7.05 Å². The van der Waals surface area contributed by atoms with Gasteiger partial charge < -0.3 is 0 Å². The Morgan fingerprint density at radius 1 is 0.929 bits per heavy atom. The van der Waals surface area contributed by atoms with E-state index >= 15 is 0 Å². The number of fused-ring (bicyclic) bond motifs is 2. The molecule has 2 aromatic heterocycles. The molecule has 0 amide bonds. The molecular weight excluding hydrogens is 342 g/mol. The molecule has 0 saturated carbocycles. The van der Waals surface area contributed by atoms with Crippen LogP contribution in [-0.4, -0.2) is 9.55 Å². The highest BCUT2D eigenvalue weighted by atomic mass is 15.2. The van der Waals surface area contributed by atoms with E-state index in [0.29, 0.717) is 11.2 Å². The average Bonchev–Trinajstić information content (AvgIpc) is 3.05. The maximum atomic E-state index is 8.35. The van der Waals surface area contributed by atoms with Gasteiger partial charge >= 0.3 is 0 Å². The summed E-state index contributed by atoms with van der Waals surface area (Å²) in [6.45, 7) is -0.258. The molecule has 136 valence electrons. The van der Waals surface area contributed by atoms with E-state index < -0.39 is 6.85 Å². The van der Waals surface area contributed by atoms with Gasteiger partial charge in [0, 0.05) is 21.3 Å². The second-order valence-electron chi connectivity index (χ2n) is 7.07. The summed E-state index contributed by atoms with van der Waals surface area (Å²) in [7, 11) is 2.01. The molecule has 0 bridgehead atoms. The summed E-state index contributed by atoms with van der Waals surface area (Å²) in [5.41, 5.74) is 4.33. The number of para-hydroxylation sites is 2. The van der Waals surface area contributed by atoms with E-state index in [2.05, 4.69) is 23.6 Å². The van der Waals surface area contributed by atoms with Crippen molar-refractivity contribution in [3.8, 4) is 17.2 Å². The lowest BCUT2D eigenvalue weighted by Crippen LogP contribution is -2.30. The first-order valence-corrected chi connectivity index (χ1v) is 9.32. The lowest BCUT2D eigenvalue weighted by molar-refractivity contribution is -0.633. The lowest BCUT2D eigenvalue weighted by Gasteiger charge is -2.09. The average molecular weight is 367 g/mol. The normalized spacial score (nSPS) is 13.4. The van der Waals surface area contributed by atoms with Gasteiger partial charge in [0.1, 0.15) is 0 Å². The number of benzene rings is 3. The molecule has 5 rings (SSSR count). The monoisotopic (exact) mass is 367 g/mol. The smallest absolute Gasteiger partial charge is 0.225 e. The maximum Gasteiger partial charge on any atom is 0.296 e. The highest BCUT2D eigenvalue weighted by Crippen LogP contribution is 2.31. The summed E-state index contributed by atoms with van der Waals surface area (Å²) >= 11 is 0. The van der Waals surface area contributed by atoms with E-state index in [1.54, 1.807) is 6.20 Å². The van der Waals surface area contributed by atoms with Crippen LogP contribution in [0.3, 0.4) is 0 Å². The lowest BCUT2D eigenvalue weighted by atomic mass is 10.1. The Hall–Kier alpha value is -3.46. The Kier molecular flexibility index (Phi) is 3.08. The first kappa shape index (κ1) is 13.7. The van der Waals surface area contributed by atoms with E-state index in [0.717, 1.165) is 33.4 Å². The minimum absolute atomic E-state index is 0.266. The van der Waals surface area contributed by atoms with Crippen molar-refractivity contribution < 1.29 is 8.68 Å². The van der Waals surface area contributed by atoms with E-state index in [9.17, 15) is 0 Å². The minimum Gasteiger partial charge on any atom is -0.225 e. The highest BCUT2D eigenvalue weighted by Gasteiger charge is 2.28. The molecule has 0 aliphatic rings. The van der Waals surface area contributed by atoms with Crippen molar-refractivity contribution >= 4 is 21.8 Å². The van der Waals surface area contributed by atoms with Gasteiger partial charge in [0.2, 0.25) is 5.82 Å². The molecule has 3 nitrogen and oxygen atoms in total. The number of pyridine rings is 1. The second-order valence-corrected chi connectivity index (χ2v) is 7.07. The van der Waals surface area contributed by atoms with Gasteiger partial charge in [-0.3, -0.25) is 0 Å². The number of aromatic nitrogens is 3. The molecule has 0 N–H and O–H groups in total. The fourth-order valence-corrected chi connectivity index (χ4v) is 3.98. The van der Waals surface area contributed by atoms with Crippen molar-refractivity contribution in [3.63, 3.8) is 0 Å². The number of hydrogen-bond donors (Lipinski definition) is 0. The van der Waals surface area contributed by atoms with Crippen LogP contribution in [0.2, 0.25) is 0 Å². The van der Waals surface area contributed by atoms with Crippen molar-refractivity contribution in [1.82, 2.24) is 9.55 Å². The third-order valence-electron chi connectivity index (χ3n) is 5.39. The van der Waals surface area contributed by atoms with Gasteiger partial charge in [0.15, 0.2) is 11.0 Å². The molecule has 0 spiro atoms. The molecular formula is C25H22N3+. The molecule has 5 aromatic rings. The Morgan fingerprint density at radius 2 is 1.68 bits per heavy atom. The zero-order chi connectivity index (χ0) is 21.8. The van der Waals surface area contributed by atoms with Crippen molar-refractivity contribution in [2.75, 3.05) is 0 Å². The van der Waals surface area contributed by atoms with Crippen molar-refractivity contribution in [1.29, 1.82) is 0 Å². The van der Waals surface area contributed by atoms with Crippen LogP contribution in [0.25, 0.3) is 39.0 Å². The SMILES string of the molecule is [2H]C([2H])([2H])c1c(-n2c(-c3ccccc3C)[n+](C)c3ccccc32)ncc2ccccc12. The van der Waals surface area contributed by atoms with Crippen LogP contribution in [0.1, 0.15) is 15.2 Å². The number of aryl methyl sites for hydroxylation is 3. The summed E-state index contributed by atoms with van der Waals surface area (Å²) in [4.78, 5) is 4.71. The number of rotatable bonds is 2. The van der Waals surface area contributed by atoms with Gasteiger partial charge in [-0.15, -0.1) is 0 Å². The van der Waals surface area contributed by atoms with Crippen LogP contribution in [0, 0.1) is 13.8 Å². The van der Waals surface area contributed by atoms with E-state index in [1.807, 2.05) is 72.3 Å². The third-order valence-corrected chi connectivity index (χ3v) is 5.39. The summed E-state index contributed by atoms with van der Waals surface area (Å²) in [5, 5.41) is 1.51. The van der Waals surface area contributed by atoms with E-state index in [1.165, 1.54) is 0 Å². The molecule has 0 aliphatic heterocycles. The first-order chi connectivity index (χ1) is 14.9. The van der Waals surface area contributed by atoms with E-state index in [-0.39, 0.29) is 5.56 Å². The van der Waals surface area contributed by atoms with Crippen LogP contribution >= 0.6 is 0 Å². The molecule has 3 aromatic carbocycles. The molecule has 0 atom stereocenters. The van der Waals surface area contributed by atoms with Gasteiger partial charge in [0.05, 0.1) is 12.6 Å². The molecule has 0 radical (unpaired) electrons. The van der Waals surface area contributed by atoms with Gasteiger partial charge in [0.25, 0.3) is 5.82 Å². The van der Waals surface area contributed by atoms with Crippen LogP contribution in [0.4, 0.5) is 0 Å². The van der Waals surface area contributed by atoms with Gasteiger partial charge in [-0.05, 0) is 42.9 Å². The Labute approximate surface area is 168 Å². The van der Waals surface area contributed by atoms with Gasteiger partial charge in [-0.1, -0.05) is 54.6 Å². The quantitative estimate of drug-likeness (QED) is 0.389. The van der Waals surface area contributed by atoms with Crippen molar-refractivity contribution in [3.05, 3.63) is 90.1 Å². The fourth-order valence-electron chi connectivity index (χ4n) is 3.98. The molecule has 2 heterocycles. The molecule has 0 unspecified atom stereocenters. The largest absolute Gasteiger partial charge is 0.296 e. The fraction of sp³-hybridized carbons (Fsp3) is 0.120. The van der Waals surface area contributed by atoms with Crippen LogP contribution in [0.15, 0.2) is 79.0 Å². The zero-order valence-electron chi connectivity index (χ0n) is 18.8. The first-order valence-electron chi connectivity index (χ1n) is 10.8. The third kappa shape index (κ3) is 2.36.